The lowest BCUT2D eigenvalue weighted by Gasteiger charge is -2.06. The minimum atomic E-state index is -2.70. The molecule has 0 radical (unpaired) electrons. The van der Waals surface area contributed by atoms with E-state index in [4.69, 9.17) is 5.11 Å². The van der Waals surface area contributed by atoms with Crippen LogP contribution in [0.1, 0.15) is 17.8 Å². The van der Waals surface area contributed by atoms with Crippen LogP contribution in [0, 0.1) is 3.57 Å². The molecule has 0 saturated heterocycles. The molecule has 0 saturated carbocycles. The number of halogens is 4. The normalized spacial score (nSPS) is 10.7. The molecule has 0 aliphatic rings. The largest absolute Gasteiger partial charge is 0.481 e. The molecule has 1 aromatic rings. The SMILES string of the molecule is O=C(O)Cc1nc(C(F)F)cc(I)c1Br. The van der Waals surface area contributed by atoms with E-state index >= 15 is 0 Å². The Hall–Kier alpha value is -0.310. The highest BCUT2D eigenvalue weighted by Crippen LogP contribution is 2.27. The molecule has 1 N–H and O–H groups in total. The van der Waals surface area contributed by atoms with Gasteiger partial charge in [0, 0.05) is 3.57 Å². The number of alkyl halides is 2. The van der Waals surface area contributed by atoms with E-state index in [0.717, 1.165) is 0 Å². The zero-order valence-corrected chi connectivity index (χ0v) is 10.9. The van der Waals surface area contributed by atoms with Gasteiger partial charge in [0.15, 0.2) is 0 Å². The van der Waals surface area contributed by atoms with Crippen LogP contribution in [0.15, 0.2) is 10.5 Å². The molecule has 0 atom stereocenters. The Kier molecular flexibility index (Phi) is 4.38. The van der Waals surface area contributed by atoms with Gasteiger partial charge >= 0.3 is 5.97 Å². The number of rotatable bonds is 3. The van der Waals surface area contributed by atoms with Crippen molar-refractivity contribution in [1.29, 1.82) is 0 Å². The average molecular weight is 392 g/mol. The summed E-state index contributed by atoms with van der Waals surface area (Å²) in [5.74, 6) is -1.11. The lowest BCUT2D eigenvalue weighted by atomic mass is 10.2. The van der Waals surface area contributed by atoms with Crippen LogP contribution in [0.2, 0.25) is 0 Å². The van der Waals surface area contributed by atoms with Gasteiger partial charge in [-0.1, -0.05) is 0 Å². The number of hydrogen-bond acceptors (Lipinski definition) is 2. The van der Waals surface area contributed by atoms with Crippen LogP contribution in [-0.4, -0.2) is 16.1 Å². The Morgan fingerprint density at radius 1 is 1.67 bits per heavy atom. The van der Waals surface area contributed by atoms with Crippen LogP contribution in [0.3, 0.4) is 0 Å². The molecular weight excluding hydrogens is 387 g/mol. The summed E-state index contributed by atoms with van der Waals surface area (Å²) in [4.78, 5) is 14.1. The number of carboxylic acid groups (broad SMARTS) is 1. The predicted molar refractivity (Wildman–Crippen MR) is 61.0 cm³/mol. The maximum atomic E-state index is 12.4. The quantitative estimate of drug-likeness (QED) is 0.806. The molecule has 0 bridgehead atoms. The van der Waals surface area contributed by atoms with Crippen molar-refractivity contribution < 1.29 is 18.7 Å². The molecule has 1 aromatic heterocycles. The summed E-state index contributed by atoms with van der Waals surface area (Å²) in [6.07, 6.45) is -3.07. The number of aliphatic carboxylic acids is 1. The smallest absolute Gasteiger partial charge is 0.309 e. The highest BCUT2D eigenvalue weighted by atomic mass is 127. The second kappa shape index (κ2) is 5.15. The average Bonchev–Trinajstić information content (AvgIpc) is 2.11. The van der Waals surface area contributed by atoms with Crippen molar-refractivity contribution in [2.45, 2.75) is 12.8 Å². The highest BCUT2D eigenvalue weighted by Gasteiger charge is 2.16. The Morgan fingerprint density at radius 3 is 2.73 bits per heavy atom. The molecule has 0 aliphatic heterocycles. The first-order valence-corrected chi connectivity index (χ1v) is 5.63. The molecule has 0 aliphatic carbocycles. The van der Waals surface area contributed by atoms with Crippen molar-refractivity contribution in [1.82, 2.24) is 4.98 Å². The van der Waals surface area contributed by atoms with Crippen molar-refractivity contribution in [3.8, 4) is 0 Å². The fraction of sp³-hybridized carbons (Fsp3) is 0.250. The van der Waals surface area contributed by atoms with Crippen LogP contribution >= 0.6 is 38.5 Å². The van der Waals surface area contributed by atoms with E-state index in [0.29, 0.717) is 8.04 Å². The zero-order valence-electron chi connectivity index (χ0n) is 7.18. The molecule has 1 heterocycles. The van der Waals surface area contributed by atoms with Gasteiger partial charge in [-0.15, -0.1) is 0 Å². The Balaban J connectivity index is 3.18. The molecule has 82 valence electrons. The molecule has 7 heteroatoms. The number of carboxylic acids is 1. The number of hydrogen-bond donors (Lipinski definition) is 1. The molecule has 1 rings (SSSR count). The summed E-state index contributed by atoms with van der Waals surface area (Å²) >= 11 is 4.96. The first-order valence-electron chi connectivity index (χ1n) is 3.76. The topological polar surface area (TPSA) is 50.2 Å². The Bertz CT molecular complexity index is 400. The lowest BCUT2D eigenvalue weighted by molar-refractivity contribution is -0.136. The second-order valence-corrected chi connectivity index (χ2v) is 4.62. The minimum absolute atomic E-state index is 0.115. The van der Waals surface area contributed by atoms with E-state index in [1.165, 1.54) is 6.07 Å². The number of nitrogens with zero attached hydrogens (tertiary/aromatic N) is 1. The third-order valence-corrected chi connectivity index (χ3v) is 4.02. The van der Waals surface area contributed by atoms with E-state index in [1.807, 2.05) is 22.6 Å². The molecule has 0 spiro atoms. The molecule has 0 unspecified atom stereocenters. The minimum Gasteiger partial charge on any atom is -0.481 e. The summed E-state index contributed by atoms with van der Waals surface area (Å²) in [5.41, 5.74) is -0.288. The van der Waals surface area contributed by atoms with Gasteiger partial charge in [-0.2, -0.15) is 0 Å². The van der Waals surface area contributed by atoms with Crippen LogP contribution in [0.5, 0.6) is 0 Å². The third-order valence-electron chi connectivity index (χ3n) is 1.54. The summed E-state index contributed by atoms with van der Waals surface area (Å²) in [6, 6.07) is 1.22. The first-order chi connectivity index (χ1) is 6.91. The van der Waals surface area contributed by atoms with Gasteiger partial charge in [0.05, 0.1) is 16.6 Å². The van der Waals surface area contributed by atoms with Crippen LogP contribution < -0.4 is 0 Å². The molecule has 0 aromatic carbocycles. The maximum Gasteiger partial charge on any atom is 0.309 e. The summed E-state index contributed by atoms with van der Waals surface area (Å²) < 4.78 is 25.7. The van der Waals surface area contributed by atoms with E-state index < -0.39 is 18.1 Å². The fourth-order valence-corrected chi connectivity index (χ4v) is 1.91. The summed E-state index contributed by atoms with van der Waals surface area (Å²) in [5, 5.41) is 8.56. The molecular formula is C8H5BrF2INO2. The second-order valence-electron chi connectivity index (χ2n) is 2.66. The highest BCUT2D eigenvalue weighted by molar-refractivity contribution is 14.1. The number of aromatic nitrogens is 1. The van der Waals surface area contributed by atoms with Gasteiger partial charge in [0.2, 0.25) is 0 Å². The van der Waals surface area contributed by atoms with E-state index in [-0.39, 0.29) is 12.1 Å². The van der Waals surface area contributed by atoms with Crippen LogP contribution in [-0.2, 0) is 11.2 Å². The monoisotopic (exact) mass is 391 g/mol. The van der Waals surface area contributed by atoms with Crippen molar-refractivity contribution in [3.63, 3.8) is 0 Å². The van der Waals surface area contributed by atoms with Crippen molar-refractivity contribution >= 4 is 44.5 Å². The van der Waals surface area contributed by atoms with Gasteiger partial charge in [-0.05, 0) is 44.6 Å². The van der Waals surface area contributed by atoms with Crippen LogP contribution in [0.4, 0.5) is 8.78 Å². The third kappa shape index (κ3) is 3.33. The standard InChI is InChI=1S/C8H5BrF2INO2/c9-7-3(12)1-5(8(10)11)13-4(7)2-6(14)15/h1,8H,2H2,(H,14,15). The van der Waals surface area contributed by atoms with Gasteiger partial charge < -0.3 is 5.11 Å². The van der Waals surface area contributed by atoms with Crippen molar-refractivity contribution in [3.05, 3.63) is 25.5 Å². The van der Waals surface area contributed by atoms with E-state index in [1.54, 1.807) is 0 Å². The zero-order chi connectivity index (χ0) is 11.6. The first kappa shape index (κ1) is 12.8. The molecule has 0 fully saturated rings. The predicted octanol–water partition coefficient (Wildman–Crippen LogP) is 3.01. The van der Waals surface area contributed by atoms with Gasteiger partial charge in [0.1, 0.15) is 5.69 Å². The number of pyridine rings is 1. The number of carbonyl (C=O) groups is 1. The fourth-order valence-electron chi connectivity index (χ4n) is 0.940. The molecule has 3 nitrogen and oxygen atoms in total. The molecule has 0 amide bonds. The summed E-state index contributed by atoms with van der Waals surface area (Å²) in [6.45, 7) is 0. The Morgan fingerprint density at radius 2 is 2.27 bits per heavy atom. The lowest BCUT2D eigenvalue weighted by Crippen LogP contribution is -2.06. The van der Waals surface area contributed by atoms with Crippen molar-refractivity contribution in [2.75, 3.05) is 0 Å². The molecule has 15 heavy (non-hydrogen) atoms. The van der Waals surface area contributed by atoms with E-state index in [9.17, 15) is 13.6 Å². The van der Waals surface area contributed by atoms with Crippen molar-refractivity contribution in [2.24, 2.45) is 0 Å². The van der Waals surface area contributed by atoms with Gasteiger partial charge in [-0.3, -0.25) is 4.79 Å². The van der Waals surface area contributed by atoms with Crippen LogP contribution in [0.25, 0.3) is 0 Å². The Labute approximate surface area is 106 Å². The maximum absolute atomic E-state index is 12.4. The van der Waals surface area contributed by atoms with Gasteiger partial charge in [0.25, 0.3) is 6.43 Å². The van der Waals surface area contributed by atoms with E-state index in [2.05, 4.69) is 20.9 Å². The summed E-state index contributed by atoms with van der Waals surface area (Å²) in [7, 11) is 0. The van der Waals surface area contributed by atoms with Gasteiger partial charge in [-0.25, -0.2) is 13.8 Å².